The first-order chi connectivity index (χ1) is 12.6. The van der Waals surface area contributed by atoms with Crippen molar-refractivity contribution in [2.75, 3.05) is 6.54 Å². The number of amides is 2. The molecule has 1 atom stereocenters. The van der Waals surface area contributed by atoms with Crippen molar-refractivity contribution in [3.8, 4) is 0 Å². The molecule has 4 rings (SSSR count). The van der Waals surface area contributed by atoms with E-state index in [1.54, 1.807) is 23.1 Å². The highest BCUT2D eigenvalue weighted by Crippen LogP contribution is 2.26. The van der Waals surface area contributed by atoms with Crippen LogP contribution in [0.4, 0.5) is 4.39 Å². The minimum absolute atomic E-state index is 0.0262. The molecule has 2 aliphatic rings. The monoisotopic (exact) mass is 352 g/mol. The van der Waals surface area contributed by atoms with Gasteiger partial charge < -0.3 is 9.80 Å². The Hall–Kier alpha value is -2.69. The lowest BCUT2D eigenvalue weighted by molar-refractivity contribution is -0.142. The fourth-order valence-corrected chi connectivity index (χ4v) is 3.89. The highest BCUT2D eigenvalue weighted by Gasteiger charge is 2.39. The first kappa shape index (κ1) is 16.8. The number of carbonyl (C=O) groups is 2. The summed E-state index contributed by atoms with van der Waals surface area (Å²) in [6, 6.07) is 14.1. The molecule has 0 aliphatic carbocycles. The Balaban J connectivity index is 1.52. The third kappa shape index (κ3) is 3.09. The molecule has 0 spiro atoms. The van der Waals surface area contributed by atoms with Crippen molar-refractivity contribution in [1.29, 1.82) is 0 Å². The van der Waals surface area contributed by atoms with E-state index < -0.39 is 6.04 Å². The van der Waals surface area contributed by atoms with E-state index in [2.05, 4.69) is 6.07 Å². The van der Waals surface area contributed by atoms with E-state index in [0.29, 0.717) is 31.5 Å². The van der Waals surface area contributed by atoms with Gasteiger partial charge in [0.2, 0.25) is 11.8 Å². The smallest absolute Gasteiger partial charge is 0.245 e. The van der Waals surface area contributed by atoms with E-state index in [1.807, 2.05) is 23.1 Å². The van der Waals surface area contributed by atoms with E-state index in [4.69, 9.17) is 0 Å². The van der Waals surface area contributed by atoms with E-state index >= 15 is 0 Å². The first-order valence-corrected chi connectivity index (χ1v) is 9.02. The van der Waals surface area contributed by atoms with E-state index in [0.717, 1.165) is 12.0 Å². The van der Waals surface area contributed by atoms with Crippen LogP contribution in [0.25, 0.3) is 0 Å². The molecule has 0 aromatic heterocycles. The molecule has 1 fully saturated rings. The molecule has 134 valence electrons. The Morgan fingerprint density at radius 2 is 1.77 bits per heavy atom. The number of carbonyl (C=O) groups excluding carboxylic acids is 2. The highest BCUT2D eigenvalue weighted by molar-refractivity contribution is 5.91. The van der Waals surface area contributed by atoms with Gasteiger partial charge in [0.25, 0.3) is 0 Å². The van der Waals surface area contributed by atoms with Crippen molar-refractivity contribution in [1.82, 2.24) is 9.80 Å². The van der Waals surface area contributed by atoms with Crippen LogP contribution >= 0.6 is 0 Å². The Morgan fingerprint density at radius 3 is 2.58 bits per heavy atom. The lowest BCUT2D eigenvalue weighted by atomic mass is 9.99. The van der Waals surface area contributed by atoms with Crippen molar-refractivity contribution in [3.05, 3.63) is 71.0 Å². The van der Waals surface area contributed by atoms with Gasteiger partial charge in [0.05, 0.1) is 0 Å². The van der Waals surface area contributed by atoms with E-state index in [9.17, 15) is 14.0 Å². The molecule has 2 aromatic rings. The van der Waals surface area contributed by atoms with Crippen LogP contribution in [0.15, 0.2) is 48.5 Å². The van der Waals surface area contributed by atoms with Gasteiger partial charge in [-0.05, 0) is 30.0 Å². The summed E-state index contributed by atoms with van der Waals surface area (Å²) in [7, 11) is 0. The lowest BCUT2D eigenvalue weighted by Crippen LogP contribution is -2.48. The van der Waals surface area contributed by atoms with E-state index in [1.165, 1.54) is 11.6 Å². The number of halogens is 1. The first-order valence-electron chi connectivity index (χ1n) is 9.02. The normalized spacial score (nSPS) is 19.6. The zero-order valence-electron chi connectivity index (χ0n) is 14.5. The molecule has 1 saturated heterocycles. The summed E-state index contributed by atoms with van der Waals surface area (Å²) < 4.78 is 14.0. The molecule has 26 heavy (non-hydrogen) atoms. The van der Waals surface area contributed by atoms with Crippen LogP contribution in [-0.4, -0.2) is 34.2 Å². The quantitative estimate of drug-likeness (QED) is 0.852. The third-order valence-electron chi connectivity index (χ3n) is 5.35. The minimum atomic E-state index is -0.493. The molecule has 4 nitrogen and oxygen atoms in total. The van der Waals surface area contributed by atoms with Gasteiger partial charge in [-0.15, -0.1) is 0 Å². The van der Waals surface area contributed by atoms with Gasteiger partial charge in [-0.1, -0.05) is 42.5 Å². The number of likely N-dealkylation sites (tertiary alicyclic amines) is 1. The summed E-state index contributed by atoms with van der Waals surface area (Å²) >= 11 is 0. The van der Waals surface area contributed by atoms with Crippen molar-refractivity contribution < 1.29 is 14.0 Å². The summed E-state index contributed by atoms with van der Waals surface area (Å²) in [5, 5.41) is 0. The van der Waals surface area contributed by atoms with Crippen LogP contribution < -0.4 is 0 Å². The molecule has 5 heteroatoms. The van der Waals surface area contributed by atoms with Gasteiger partial charge in [0.15, 0.2) is 0 Å². The van der Waals surface area contributed by atoms with Gasteiger partial charge in [-0.2, -0.15) is 0 Å². The second-order valence-electron chi connectivity index (χ2n) is 6.95. The number of hydrogen-bond acceptors (Lipinski definition) is 2. The SMILES string of the molecule is O=C(C1CCC(=O)N1Cc1ccccc1F)N1CCc2ccccc2C1. The van der Waals surface area contributed by atoms with Gasteiger partial charge in [0.1, 0.15) is 11.9 Å². The Morgan fingerprint density at radius 1 is 1.04 bits per heavy atom. The molecular formula is C21H21FN2O2. The Kier molecular flexibility index (Phi) is 4.45. The zero-order valence-corrected chi connectivity index (χ0v) is 14.5. The minimum Gasteiger partial charge on any atom is -0.336 e. The third-order valence-corrected chi connectivity index (χ3v) is 5.35. The molecule has 2 aromatic carbocycles. The van der Waals surface area contributed by atoms with Crippen LogP contribution in [0.5, 0.6) is 0 Å². The summed E-state index contributed by atoms with van der Waals surface area (Å²) in [5.41, 5.74) is 2.89. The molecule has 1 unspecified atom stereocenters. The van der Waals surface area contributed by atoms with Crippen LogP contribution in [-0.2, 0) is 29.1 Å². The maximum atomic E-state index is 14.0. The average molecular weight is 352 g/mol. The number of benzene rings is 2. The number of nitrogens with zero attached hydrogens (tertiary/aromatic N) is 2. The lowest BCUT2D eigenvalue weighted by Gasteiger charge is -2.33. The number of hydrogen-bond donors (Lipinski definition) is 0. The average Bonchev–Trinajstić information content (AvgIpc) is 3.03. The maximum Gasteiger partial charge on any atom is 0.245 e. The molecule has 0 radical (unpaired) electrons. The van der Waals surface area contributed by atoms with Gasteiger partial charge >= 0.3 is 0 Å². The highest BCUT2D eigenvalue weighted by atomic mass is 19.1. The van der Waals surface area contributed by atoms with Crippen LogP contribution in [0.3, 0.4) is 0 Å². The second kappa shape index (κ2) is 6.90. The number of rotatable bonds is 3. The molecule has 0 bridgehead atoms. The maximum absolute atomic E-state index is 14.0. The molecular weight excluding hydrogens is 331 g/mol. The van der Waals surface area contributed by atoms with Crippen molar-refractivity contribution in [2.45, 2.75) is 38.4 Å². The van der Waals surface area contributed by atoms with E-state index in [-0.39, 0.29) is 24.2 Å². The molecule has 2 aliphatic heterocycles. The number of fused-ring (bicyclic) bond motifs is 1. The van der Waals surface area contributed by atoms with Gasteiger partial charge in [0, 0.05) is 31.6 Å². The molecule has 2 heterocycles. The zero-order chi connectivity index (χ0) is 18.1. The Bertz CT molecular complexity index is 851. The summed E-state index contributed by atoms with van der Waals surface area (Å²) in [6.07, 6.45) is 1.68. The van der Waals surface area contributed by atoms with Crippen molar-refractivity contribution >= 4 is 11.8 Å². The second-order valence-corrected chi connectivity index (χ2v) is 6.95. The van der Waals surface area contributed by atoms with Gasteiger partial charge in [-0.25, -0.2) is 4.39 Å². The van der Waals surface area contributed by atoms with Crippen LogP contribution in [0, 0.1) is 5.82 Å². The molecule has 0 saturated carbocycles. The predicted octanol–water partition coefficient (Wildman–Crippen LogP) is 2.90. The Labute approximate surface area is 152 Å². The topological polar surface area (TPSA) is 40.6 Å². The largest absolute Gasteiger partial charge is 0.336 e. The molecule has 0 N–H and O–H groups in total. The predicted molar refractivity (Wildman–Crippen MR) is 95.5 cm³/mol. The van der Waals surface area contributed by atoms with Crippen molar-refractivity contribution in [3.63, 3.8) is 0 Å². The standard InChI is InChI=1S/C21H21FN2O2/c22-18-8-4-3-7-17(18)14-24-19(9-10-20(24)25)21(26)23-12-11-15-5-1-2-6-16(15)13-23/h1-8,19H,9-14H2. The summed E-state index contributed by atoms with van der Waals surface area (Å²) in [4.78, 5) is 28.8. The molecule has 2 amide bonds. The fourth-order valence-electron chi connectivity index (χ4n) is 3.89. The van der Waals surface area contributed by atoms with Crippen LogP contribution in [0.1, 0.15) is 29.5 Å². The summed E-state index contributed by atoms with van der Waals surface area (Å²) in [5.74, 6) is -0.448. The van der Waals surface area contributed by atoms with Gasteiger partial charge in [-0.3, -0.25) is 9.59 Å². The van der Waals surface area contributed by atoms with Crippen LogP contribution in [0.2, 0.25) is 0 Å². The van der Waals surface area contributed by atoms with Crippen molar-refractivity contribution in [2.24, 2.45) is 0 Å². The summed E-state index contributed by atoms with van der Waals surface area (Å²) in [6.45, 7) is 1.38. The fraction of sp³-hybridized carbons (Fsp3) is 0.333.